The molecule has 0 amide bonds. The molecule has 2 N–H and O–H groups in total. The van der Waals surface area contributed by atoms with Crippen molar-refractivity contribution in [3.63, 3.8) is 0 Å². The van der Waals surface area contributed by atoms with Crippen LogP contribution in [0, 0.1) is 0 Å². The quantitative estimate of drug-likeness (QED) is 0.344. The number of ether oxygens (including phenoxy) is 1. The second-order valence-electron chi connectivity index (χ2n) is 6.69. The molecule has 6 heteroatoms. The molecule has 0 unspecified atom stereocenters. The number of hydrogen-bond donors (Lipinski definition) is 2. The normalized spacial score (nSPS) is 12.4. The molecule has 0 aliphatic carbocycles. The molecule has 0 saturated heterocycles. The van der Waals surface area contributed by atoms with Crippen LogP contribution in [0.15, 0.2) is 27.8 Å². The predicted octanol–water partition coefficient (Wildman–Crippen LogP) is 2.86. The highest BCUT2D eigenvalue weighted by molar-refractivity contribution is 5.79. The second kappa shape index (κ2) is 12.8. The van der Waals surface area contributed by atoms with Crippen LogP contribution in [0.2, 0.25) is 0 Å². The van der Waals surface area contributed by atoms with Crippen molar-refractivity contribution in [1.29, 1.82) is 0 Å². The number of nitrogens with one attached hydrogen (secondary N) is 2. The number of guanidine groups is 1. The van der Waals surface area contributed by atoms with Gasteiger partial charge < -0.3 is 19.8 Å². The van der Waals surface area contributed by atoms with Crippen molar-refractivity contribution < 1.29 is 9.15 Å². The smallest absolute Gasteiger partial charge is 0.190 e. The maximum atomic E-state index is 5.56. The van der Waals surface area contributed by atoms with E-state index in [0.717, 1.165) is 44.2 Å². The van der Waals surface area contributed by atoms with Gasteiger partial charge in [0, 0.05) is 45.4 Å². The number of aliphatic imine (C=N–C) groups is 1. The number of furan rings is 1. The van der Waals surface area contributed by atoms with E-state index >= 15 is 0 Å². The van der Waals surface area contributed by atoms with Gasteiger partial charge in [0.05, 0.1) is 6.26 Å². The molecule has 0 aliphatic heterocycles. The number of rotatable bonds is 12. The summed E-state index contributed by atoms with van der Waals surface area (Å²) >= 11 is 0. The Balaban J connectivity index is 2.06. The lowest BCUT2D eigenvalue weighted by Crippen LogP contribution is -2.41. The molecule has 25 heavy (non-hydrogen) atoms. The van der Waals surface area contributed by atoms with Gasteiger partial charge >= 0.3 is 0 Å². The second-order valence-corrected chi connectivity index (χ2v) is 6.69. The minimum atomic E-state index is 0.530. The number of nitrogens with zero attached hydrogens (tertiary/aromatic N) is 2. The first-order valence-electron chi connectivity index (χ1n) is 9.35. The standard InChI is InChI=1S/C19H36N4O2/c1-16(2)23(17(3)4)12-7-10-21-19(20-5)22-11-8-13-24-15-18-9-6-14-25-18/h6,9,14,16-17H,7-8,10-13,15H2,1-5H3,(H2,20,21,22). The molecule has 0 spiro atoms. The van der Waals surface area contributed by atoms with Crippen LogP contribution in [0.3, 0.4) is 0 Å². The molecule has 0 aliphatic rings. The van der Waals surface area contributed by atoms with E-state index in [1.165, 1.54) is 0 Å². The third kappa shape index (κ3) is 9.51. The topological polar surface area (TPSA) is 62.0 Å². The first-order valence-corrected chi connectivity index (χ1v) is 9.35. The minimum absolute atomic E-state index is 0.530. The molecule has 1 aromatic rings. The van der Waals surface area contributed by atoms with Gasteiger partial charge in [0.15, 0.2) is 5.96 Å². The zero-order chi connectivity index (χ0) is 18.5. The van der Waals surface area contributed by atoms with E-state index < -0.39 is 0 Å². The van der Waals surface area contributed by atoms with Gasteiger partial charge in [-0.1, -0.05) is 0 Å². The van der Waals surface area contributed by atoms with Crippen LogP contribution < -0.4 is 10.6 Å². The molecule has 0 fully saturated rings. The summed E-state index contributed by atoms with van der Waals surface area (Å²) in [7, 11) is 1.80. The van der Waals surface area contributed by atoms with E-state index in [0.29, 0.717) is 25.3 Å². The first kappa shape index (κ1) is 21.5. The third-order valence-corrected chi connectivity index (χ3v) is 4.02. The minimum Gasteiger partial charge on any atom is -0.467 e. The molecular formula is C19H36N4O2. The summed E-state index contributed by atoms with van der Waals surface area (Å²) in [6.45, 7) is 13.1. The van der Waals surface area contributed by atoms with Gasteiger partial charge in [0.2, 0.25) is 0 Å². The lowest BCUT2D eigenvalue weighted by Gasteiger charge is -2.30. The predicted molar refractivity (Wildman–Crippen MR) is 104 cm³/mol. The monoisotopic (exact) mass is 352 g/mol. The average Bonchev–Trinajstić information content (AvgIpc) is 3.08. The third-order valence-electron chi connectivity index (χ3n) is 4.02. The molecule has 1 rings (SSSR count). The van der Waals surface area contributed by atoms with Crippen molar-refractivity contribution in [2.24, 2.45) is 4.99 Å². The first-order chi connectivity index (χ1) is 12.0. The molecule has 1 heterocycles. The Morgan fingerprint density at radius 3 is 2.40 bits per heavy atom. The van der Waals surface area contributed by atoms with E-state index in [1.807, 2.05) is 12.1 Å². The largest absolute Gasteiger partial charge is 0.467 e. The van der Waals surface area contributed by atoms with E-state index in [4.69, 9.17) is 9.15 Å². The van der Waals surface area contributed by atoms with E-state index in [2.05, 4.69) is 48.2 Å². The Morgan fingerprint density at radius 2 is 1.84 bits per heavy atom. The summed E-state index contributed by atoms with van der Waals surface area (Å²) in [6.07, 6.45) is 3.69. The van der Waals surface area contributed by atoms with Crippen molar-refractivity contribution in [2.45, 2.75) is 59.2 Å². The van der Waals surface area contributed by atoms with E-state index in [1.54, 1.807) is 13.3 Å². The van der Waals surface area contributed by atoms with Gasteiger partial charge in [-0.15, -0.1) is 0 Å². The Labute approximate surface area is 153 Å². The van der Waals surface area contributed by atoms with Gasteiger partial charge in [-0.3, -0.25) is 9.89 Å². The zero-order valence-electron chi connectivity index (χ0n) is 16.5. The summed E-state index contributed by atoms with van der Waals surface area (Å²) in [6, 6.07) is 4.96. The Bertz CT molecular complexity index is 450. The zero-order valence-corrected chi connectivity index (χ0v) is 16.5. The number of hydrogen-bond acceptors (Lipinski definition) is 4. The molecule has 0 atom stereocenters. The fraction of sp³-hybridized carbons (Fsp3) is 0.737. The van der Waals surface area contributed by atoms with E-state index in [-0.39, 0.29) is 0 Å². The highest BCUT2D eigenvalue weighted by Gasteiger charge is 2.12. The average molecular weight is 353 g/mol. The lowest BCUT2D eigenvalue weighted by atomic mass is 10.2. The van der Waals surface area contributed by atoms with Gasteiger partial charge in [0.1, 0.15) is 12.4 Å². The SMILES string of the molecule is CN=C(NCCCOCc1ccco1)NCCCN(C(C)C)C(C)C. The Morgan fingerprint density at radius 1 is 1.16 bits per heavy atom. The fourth-order valence-electron chi connectivity index (χ4n) is 2.75. The van der Waals surface area contributed by atoms with Crippen LogP contribution in [0.5, 0.6) is 0 Å². The molecule has 0 saturated carbocycles. The van der Waals surface area contributed by atoms with Crippen molar-refractivity contribution >= 4 is 5.96 Å². The lowest BCUT2D eigenvalue weighted by molar-refractivity contribution is 0.105. The van der Waals surface area contributed by atoms with Crippen LogP contribution >= 0.6 is 0 Å². The molecule has 1 aromatic heterocycles. The molecule has 0 bridgehead atoms. The summed E-state index contributed by atoms with van der Waals surface area (Å²) in [5, 5.41) is 6.69. The van der Waals surface area contributed by atoms with Gasteiger partial charge in [-0.2, -0.15) is 0 Å². The highest BCUT2D eigenvalue weighted by Crippen LogP contribution is 2.05. The van der Waals surface area contributed by atoms with Crippen LogP contribution in [0.1, 0.15) is 46.3 Å². The van der Waals surface area contributed by atoms with Crippen molar-refractivity contribution in [2.75, 3.05) is 33.3 Å². The maximum Gasteiger partial charge on any atom is 0.190 e. The molecule has 0 radical (unpaired) electrons. The van der Waals surface area contributed by atoms with E-state index in [9.17, 15) is 0 Å². The summed E-state index contributed by atoms with van der Waals surface area (Å²) in [4.78, 5) is 6.77. The van der Waals surface area contributed by atoms with Crippen LogP contribution in [0.4, 0.5) is 0 Å². The fourth-order valence-corrected chi connectivity index (χ4v) is 2.75. The molecular weight excluding hydrogens is 316 g/mol. The van der Waals surface area contributed by atoms with Crippen LogP contribution in [-0.4, -0.2) is 56.2 Å². The van der Waals surface area contributed by atoms with Gasteiger partial charge in [-0.25, -0.2) is 0 Å². The summed E-state index contributed by atoms with van der Waals surface area (Å²) in [5.74, 6) is 1.72. The Hall–Kier alpha value is -1.53. The van der Waals surface area contributed by atoms with Crippen LogP contribution in [-0.2, 0) is 11.3 Å². The maximum absolute atomic E-state index is 5.56. The molecule has 144 valence electrons. The van der Waals surface area contributed by atoms with Crippen molar-refractivity contribution in [3.8, 4) is 0 Å². The summed E-state index contributed by atoms with van der Waals surface area (Å²) < 4.78 is 10.8. The Kier molecular flexibility index (Phi) is 11.0. The van der Waals surface area contributed by atoms with Crippen LogP contribution in [0.25, 0.3) is 0 Å². The summed E-state index contributed by atoms with van der Waals surface area (Å²) in [5.41, 5.74) is 0. The van der Waals surface area contributed by atoms with Gasteiger partial charge in [0.25, 0.3) is 0 Å². The molecule has 0 aromatic carbocycles. The highest BCUT2D eigenvalue weighted by atomic mass is 16.5. The van der Waals surface area contributed by atoms with Crippen molar-refractivity contribution in [1.82, 2.24) is 15.5 Å². The van der Waals surface area contributed by atoms with Gasteiger partial charge in [-0.05, 0) is 52.7 Å². The molecule has 6 nitrogen and oxygen atoms in total. The van der Waals surface area contributed by atoms with Crippen molar-refractivity contribution in [3.05, 3.63) is 24.2 Å².